The SMILES string of the molecule is O=C(C=S(=O)=O)NO. The van der Waals surface area contributed by atoms with Crippen LogP contribution in [0, 0.1) is 0 Å². The van der Waals surface area contributed by atoms with Gasteiger partial charge in [0.25, 0.3) is 5.91 Å². The van der Waals surface area contributed by atoms with Crippen molar-refractivity contribution < 1.29 is 18.4 Å². The molecule has 0 unspecified atom stereocenters. The lowest BCUT2D eigenvalue weighted by Crippen LogP contribution is -2.19. The minimum absolute atomic E-state index is 0.306. The molecule has 0 aromatic carbocycles. The minimum atomic E-state index is -2.54. The standard InChI is InChI=1S/C2H3NO4S/c4-2(3-5)1-8(6)7/h1,5H,(H,3,4). The third kappa shape index (κ3) is 3.32. The second-order valence-corrected chi connectivity index (χ2v) is 1.61. The number of hydroxylamine groups is 1. The van der Waals surface area contributed by atoms with Gasteiger partial charge < -0.3 is 0 Å². The monoisotopic (exact) mass is 137 g/mol. The first-order chi connectivity index (χ1) is 3.66. The molecule has 6 heteroatoms. The lowest BCUT2D eigenvalue weighted by Gasteiger charge is -1.80. The van der Waals surface area contributed by atoms with Gasteiger partial charge in [-0.3, -0.25) is 10.0 Å². The molecule has 0 saturated heterocycles. The van der Waals surface area contributed by atoms with Crippen LogP contribution in [0.25, 0.3) is 0 Å². The summed E-state index contributed by atoms with van der Waals surface area (Å²) in [5, 5.41) is 7.99. The normalized spacial score (nSPS) is 7.62. The van der Waals surface area contributed by atoms with Crippen molar-refractivity contribution in [2.24, 2.45) is 0 Å². The Balaban J connectivity index is 4.12. The van der Waals surface area contributed by atoms with Crippen molar-refractivity contribution in [3.8, 4) is 0 Å². The van der Waals surface area contributed by atoms with Crippen LogP contribution in [0.15, 0.2) is 0 Å². The van der Waals surface area contributed by atoms with Gasteiger partial charge in [-0.05, 0) is 0 Å². The van der Waals surface area contributed by atoms with E-state index < -0.39 is 16.2 Å². The van der Waals surface area contributed by atoms with Gasteiger partial charge in [-0.2, -0.15) is 8.42 Å². The van der Waals surface area contributed by atoms with E-state index in [2.05, 4.69) is 0 Å². The number of nitrogens with one attached hydrogen (secondary N) is 1. The molecule has 0 radical (unpaired) electrons. The van der Waals surface area contributed by atoms with Crippen molar-refractivity contribution in [2.75, 3.05) is 0 Å². The molecule has 0 atom stereocenters. The first-order valence-corrected chi connectivity index (χ1v) is 2.67. The highest BCUT2D eigenvalue weighted by molar-refractivity contribution is 7.73. The molecule has 0 aliphatic carbocycles. The molecule has 0 aromatic rings. The maximum atomic E-state index is 9.81. The van der Waals surface area contributed by atoms with Crippen LogP contribution < -0.4 is 5.48 Å². The van der Waals surface area contributed by atoms with Gasteiger partial charge in [-0.1, -0.05) is 0 Å². The molecule has 0 aromatic heterocycles. The topological polar surface area (TPSA) is 83.5 Å². The molecule has 1 amide bonds. The minimum Gasteiger partial charge on any atom is -0.288 e. The van der Waals surface area contributed by atoms with Gasteiger partial charge in [-0.15, -0.1) is 0 Å². The van der Waals surface area contributed by atoms with Crippen molar-refractivity contribution in [3.05, 3.63) is 0 Å². The maximum absolute atomic E-state index is 9.81. The maximum Gasteiger partial charge on any atom is 0.282 e. The molecule has 0 aliphatic heterocycles. The van der Waals surface area contributed by atoms with Gasteiger partial charge in [-0.25, -0.2) is 5.48 Å². The van der Waals surface area contributed by atoms with Crippen molar-refractivity contribution in [1.82, 2.24) is 5.48 Å². The molecule has 0 rings (SSSR count). The highest BCUT2D eigenvalue weighted by atomic mass is 32.2. The molecule has 2 N–H and O–H groups in total. The zero-order valence-electron chi connectivity index (χ0n) is 3.66. The number of carbonyl (C=O) groups excluding carboxylic acids is 1. The summed E-state index contributed by atoms with van der Waals surface area (Å²) in [7, 11) is -2.54. The summed E-state index contributed by atoms with van der Waals surface area (Å²) in [6.45, 7) is 0. The molecular weight excluding hydrogens is 134 g/mol. The van der Waals surface area contributed by atoms with Crippen LogP contribution in [0.3, 0.4) is 0 Å². The summed E-state index contributed by atoms with van der Waals surface area (Å²) in [4.78, 5) is 9.81. The van der Waals surface area contributed by atoms with Crippen LogP contribution >= 0.6 is 0 Å². The summed E-state index contributed by atoms with van der Waals surface area (Å²) in [5.41, 5.74) is 1.11. The quantitative estimate of drug-likeness (QED) is 0.253. The van der Waals surface area contributed by atoms with Gasteiger partial charge in [0, 0.05) is 0 Å². The first-order valence-electron chi connectivity index (χ1n) is 1.54. The van der Waals surface area contributed by atoms with E-state index in [1.807, 2.05) is 0 Å². The third-order valence-corrected chi connectivity index (χ3v) is 0.720. The Morgan fingerprint density at radius 3 is 2.25 bits per heavy atom. The molecule has 0 spiro atoms. The molecular formula is C2H3NO4S. The molecule has 46 valence electrons. The van der Waals surface area contributed by atoms with E-state index in [1.165, 1.54) is 0 Å². The lowest BCUT2D eigenvalue weighted by molar-refractivity contribution is -0.121. The van der Waals surface area contributed by atoms with Crippen LogP contribution in [0.2, 0.25) is 0 Å². The number of hydrogen-bond donors (Lipinski definition) is 2. The molecule has 0 fully saturated rings. The van der Waals surface area contributed by atoms with Gasteiger partial charge in [0.05, 0.1) is 0 Å². The van der Waals surface area contributed by atoms with Crippen LogP contribution in [0.5, 0.6) is 0 Å². The van der Waals surface area contributed by atoms with Gasteiger partial charge in [0.1, 0.15) is 5.37 Å². The fourth-order valence-corrected chi connectivity index (χ4v) is 0.341. The van der Waals surface area contributed by atoms with Crippen molar-refractivity contribution in [2.45, 2.75) is 0 Å². The molecule has 0 aliphatic rings. The second kappa shape index (κ2) is 3.16. The fraction of sp³-hybridized carbons (Fsp3) is 0. The average molecular weight is 137 g/mol. The number of amides is 1. The summed E-state index contributed by atoms with van der Waals surface area (Å²) in [5.74, 6) is -1.06. The summed E-state index contributed by atoms with van der Waals surface area (Å²) >= 11 is 0. The summed E-state index contributed by atoms with van der Waals surface area (Å²) < 4.78 is 19.1. The smallest absolute Gasteiger partial charge is 0.282 e. The van der Waals surface area contributed by atoms with Crippen molar-refractivity contribution >= 4 is 21.6 Å². The van der Waals surface area contributed by atoms with E-state index in [1.54, 1.807) is 0 Å². The van der Waals surface area contributed by atoms with E-state index in [0.29, 0.717) is 5.37 Å². The Morgan fingerprint density at radius 1 is 1.62 bits per heavy atom. The molecule has 0 heterocycles. The van der Waals surface area contributed by atoms with Crippen molar-refractivity contribution in [1.29, 1.82) is 0 Å². The number of rotatable bonds is 1. The Kier molecular flexibility index (Phi) is 2.82. The van der Waals surface area contributed by atoms with Crippen LogP contribution in [-0.4, -0.2) is 24.9 Å². The molecule has 8 heavy (non-hydrogen) atoms. The molecule has 0 saturated carbocycles. The second-order valence-electron chi connectivity index (χ2n) is 0.854. The summed E-state index contributed by atoms with van der Waals surface area (Å²) in [6, 6.07) is 0. The van der Waals surface area contributed by atoms with E-state index in [4.69, 9.17) is 5.21 Å². The van der Waals surface area contributed by atoms with E-state index in [9.17, 15) is 13.2 Å². The Labute approximate surface area is 46.4 Å². The molecule has 0 bridgehead atoms. The van der Waals surface area contributed by atoms with Crippen LogP contribution in [0.4, 0.5) is 0 Å². The Bertz CT molecular complexity index is 194. The van der Waals surface area contributed by atoms with Gasteiger partial charge in [0.2, 0.25) is 10.3 Å². The van der Waals surface area contributed by atoms with Crippen LogP contribution in [-0.2, 0) is 15.1 Å². The van der Waals surface area contributed by atoms with Crippen molar-refractivity contribution in [3.63, 3.8) is 0 Å². The highest BCUT2D eigenvalue weighted by Gasteiger charge is 1.88. The Hall–Kier alpha value is -0.880. The van der Waals surface area contributed by atoms with E-state index in [0.717, 1.165) is 5.48 Å². The zero-order valence-corrected chi connectivity index (χ0v) is 4.47. The number of carbonyl (C=O) groups is 1. The van der Waals surface area contributed by atoms with Crippen LogP contribution in [0.1, 0.15) is 0 Å². The van der Waals surface area contributed by atoms with Gasteiger partial charge in [0.15, 0.2) is 0 Å². The van der Waals surface area contributed by atoms with E-state index >= 15 is 0 Å². The summed E-state index contributed by atoms with van der Waals surface area (Å²) in [6.07, 6.45) is 0. The third-order valence-electron chi connectivity index (χ3n) is 0.313. The fourth-order valence-electron chi connectivity index (χ4n) is 0.114. The lowest BCUT2D eigenvalue weighted by atomic mass is 10.8. The zero-order chi connectivity index (χ0) is 6.57. The average Bonchev–Trinajstić information content (AvgIpc) is 1.65. The molecule has 5 nitrogen and oxygen atoms in total. The number of hydrogen-bond acceptors (Lipinski definition) is 4. The van der Waals surface area contributed by atoms with Gasteiger partial charge >= 0.3 is 0 Å². The Morgan fingerprint density at radius 2 is 2.12 bits per heavy atom. The predicted octanol–water partition coefficient (Wildman–Crippen LogP) is -1.83. The highest BCUT2D eigenvalue weighted by Crippen LogP contribution is 1.48. The predicted molar refractivity (Wildman–Crippen MR) is 24.9 cm³/mol. The van der Waals surface area contributed by atoms with E-state index in [-0.39, 0.29) is 0 Å². The first kappa shape index (κ1) is 7.12. The largest absolute Gasteiger partial charge is 0.288 e.